The Bertz CT molecular complexity index is 614. The van der Waals surface area contributed by atoms with Crippen molar-refractivity contribution in [2.75, 3.05) is 0 Å². The van der Waals surface area contributed by atoms with Crippen LogP contribution >= 0.6 is 0 Å². The largest absolute Gasteiger partial charge is 0.347 e. The van der Waals surface area contributed by atoms with Crippen molar-refractivity contribution in [1.29, 1.82) is 0 Å². The molecule has 0 unspecified atom stereocenters. The molecule has 0 aliphatic heterocycles. The Kier molecular flexibility index (Phi) is 3.16. The highest BCUT2D eigenvalue weighted by Crippen LogP contribution is 2.33. The quantitative estimate of drug-likeness (QED) is 0.759. The second-order valence-corrected chi connectivity index (χ2v) is 5.28. The van der Waals surface area contributed by atoms with Gasteiger partial charge in [0.2, 0.25) is 0 Å². The molecule has 4 heteroatoms. The number of Topliss-reactive ketones (excluding diaryl/α,β-unsaturated/α-hetero) is 1. The third-order valence-electron chi connectivity index (χ3n) is 3.56. The highest BCUT2D eigenvalue weighted by atomic mass is 19.3. The topological polar surface area (TPSA) is 22.0 Å². The standard InChI is InChI=1S/C16H15F2NO/c17-16(18,14-4-2-1-3-5-14)11-19-9-8-13(10-19)15(20)12-6-7-12/h1-5,8-10,12H,6-7,11H2. The molecule has 0 amide bonds. The van der Waals surface area contributed by atoms with E-state index in [-0.39, 0.29) is 17.3 Å². The Morgan fingerprint density at radius 1 is 1.20 bits per heavy atom. The smallest absolute Gasteiger partial charge is 0.290 e. The predicted molar refractivity (Wildman–Crippen MR) is 71.8 cm³/mol. The van der Waals surface area contributed by atoms with Gasteiger partial charge in [-0.2, -0.15) is 8.78 Å². The first-order valence-corrected chi connectivity index (χ1v) is 6.69. The van der Waals surface area contributed by atoms with E-state index in [1.54, 1.807) is 30.5 Å². The number of benzene rings is 1. The van der Waals surface area contributed by atoms with Crippen LogP contribution < -0.4 is 0 Å². The molecule has 104 valence electrons. The summed E-state index contributed by atoms with van der Waals surface area (Å²) in [6.45, 7) is -0.449. The zero-order valence-corrected chi connectivity index (χ0v) is 10.9. The lowest BCUT2D eigenvalue weighted by Gasteiger charge is -2.17. The summed E-state index contributed by atoms with van der Waals surface area (Å²) in [5.74, 6) is -2.76. The zero-order chi connectivity index (χ0) is 14.2. The maximum absolute atomic E-state index is 14.1. The molecule has 1 aliphatic rings. The average Bonchev–Trinajstić information content (AvgIpc) is 3.19. The number of halogens is 2. The summed E-state index contributed by atoms with van der Waals surface area (Å²) in [6, 6.07) is 9.37. The van der Waals surface area contributed by atoms with Crippen molar-refractivity contribution < 1.29 is 13.6 Å². The molecule has 3 rings (SSSR count). The summed E-state index contributed by atoms with van der Waals surface area (Å²) in [7, 11) is 0. The van der Waals surface area contributed by atoms with E-state index in [2.05, 4.69) is 0 Å². The number of hydrogen-bond donors (Lipinski definition) is 0. The predicted octanol–water partition coefficient (Wildman–Crippen LogP) is 3.87. The SMILES string of the molecule is O=C(c1ccn(CC(F)(F)c2ccccc2)c1)C1CC1. The van der Waals surface area contributed by atoms with Crippen LogP contribution in [0.15, 0.2) is 48.8 Å². The summed E-state index contributed by atoms with van der Waals surface area (Å²) >= 11 is 0. The van der Waals surface area contributed by atoms with E-state index >= 15 is 0 Å². The van der Waals surface area contributed by atoms with Gasteiger partial charge in [-0.1, -0.05) is 30.3 Å². The molecule has 1 aromatic heterocycles. The molecule has 0 saturated heterocycles. The van der Waals surface area contributed by atoms with E-state index in [1.807, 2.05) is 0 Å². The fourth-order valence-corrected chi connectivity index (χ4v) is 2.27. The molecule has 1 aromatic carbocycles. The van der Waals surface area contributed by atoms with Gasteiger partial charge in [-0.25, -0.2) is 0 Å². The van der Waals surface area contributed by atoms with Crippen LogP contribution in [0, 0.1) is 5.92 Å². The maximum atomic E-state index is 14.1. The molecule has 2 aromatic rings. The third-order valence-corrected chi connectivity index (χ3v) is 3.56. The van der Waals surface area contributed by atoms with Crippen LogP contribution in [0.2, 0.25) is 0 Å². The van der Waals surface area contributed by atoms with Gasteiger partial charge in [0.05, 0.1) is 6.54 Å². The normalized spacial score (nSPS) is 15.3. The average molecular weight is 275 g/mol. The lowest BCUT2D eigenvalue weighted by Crippen LogP contribution is -2.20. The molecule has 0 bridgehead atoms. The van der Waals surface area contributed by atoms with E-state index in [0.717, 1.165) is 12.8 Å². The Morgan fingerprint density at radius 3 is 2.55 bits per heavy atom. The van der Waals surface area contributed by atoms with Gasteiger partial charge < -0.3 is 4.57 Å². The molecule has 0 spiro atoms. The monoisotopic (exact) mass is 275 g/mol. The number of hydrogen-bond acceptors (Lipinski definition) is 1. The van der Waals surface area contributed by atoms with Crippen molar-refractivity contribution in [3.05, 3.63) is 59.9 Å². The summed E-state index contributed by atoms with van der Waals surface area (Å²) in [4.78, 5) is 11.9. The van der Waals surface area contributed by atoms with Gasteiger partial charge in [0.1, 0.15) is 0 Å². The minimum Gasteiger partial charge on any atom is -0.347 e. The molecule has 0 N–H and O–H groups in total. The van der Waals surface area contributed by atoms with Crippen molar-refractivity contribution in [2.24, 2.45) is 5.92 Å². The van der Waals surface area contributed by atoms with Crippen LogP contribution in [-0.4, -0.2) is 10.4 Å². The summed E-state index contributed by atoms with van der Waals surface area (Å²) in [6.07, 6.45) is 4.92. The van der Waals surface area contributed by atoms with Crippen LogP contribution in [-0.2, 0) is 12.5 Å². The van der Waals surface area contributed by atoms with E-state index in [1.165, 1.54) is 22.9 Å². The first kappa shape index (κ1) is 13.0. The zero-order valence-electron chi connectivity index (χ0n) is 10.9. The van der Waals surface area contributed by atoms with Crippen molar-refractivity contribution in [3.63, 3.8) is 0 Å². The summed E-state index contributed by atoms with van der Waals surface area (Å²) < 4.78 is 29.6. The lowest BCUT2D eigenvalue weighted by atomic mass is 10.1. The molecule has 1 aliphatic carbocycles. The van der Waals surface area contributed by atoms with Crippen molar-refractivity contribution >= 4 is 5.78 Å². The highest BCUT2D eigenvalue weighted by molar-refractivity contribution is 5.99. The minimum absolute atomic E-state index is 0.0104. The van der Waals surface area contributed by atoms with E-state index < -0.39 is 12.5 Å². The third kappa shape index (κ3) is 2.64. The minimum atomic E-state index is -2.94. The fourth-order valence-electron chi connectivity index (χ4n) is 2.27. The van der Waals surface area contributed by atoms with Gasteiger partial charge >= 0.3 is 0 Å². The van der Waals surface area contributed by atoms with Gasteiger partial charge in [-0.3, -0.25) is 4.79 Å². The number of carbonyl (C=O) groups is 1. The van der Waals surface area contributed by atoms with Crippen LogP contribution in [0.1, 0.15) is 28.8 Å². The van der Waals surface area contributed by atoms with Gasteiger partial charge in [0, 0.05) is 29.4 Å². The van der Waals surface area contributed by atoms with Crippen LogP contribution in [0.25, 0.3) is 0 Å². The molecule has 1 saturated carbocycles. The summed E-state index contributed by atoms with van der Waals surface area (Å²) in [5.41, 5.74) is 0.528. The van der Waals surface area contributed by atoms with E-state index in [0.29, 0.717) is 5.56 Å². The first-order chi connectivity index (χ1) is 9.56. The van der Waals surface area contributed by atoms with Crippen LogP contribution in [0.4, 0.5) is 8.78 Å². The van der Waals surface area contributed by atoms with Crippen molar-refractivity contribution in [3.8, 4) is 0 Å². The summed E-state index contributed by atoms with van der Waals surface area (Å²) in [5, 5.41) is 0. The van der Waals surface area contributed by atoms with Gasteiger partial charge in [0.25, 0.3) is 5.92 Å². The Labute approximate surface area is 116 Å². The highest BCUT2D eigenvalue weighted by Gasteiger charge is 2.33. The lowest BCUT2D eigenvalue weighted by molar-refractivity contribution is -0.0221. The second-order valence-electron chi connectivity index (χ2n) is 5.28. The number of aromatic nitrogens is 1. The number of alkyl halides is 2. The Balaban J connectivity index is 1.75. The molecule has 1 fully saturated rings. The van der Waals surface area contributed by atoms with Crippen molar-refractivity contribution in [2.45, 2.75) is 25.3 Å². The Hall–Kier alpha value is -1.97. The number of carbonyl (C=O) groups excluding carboxylic acids is 1. The maximum Gasteiger partial charge on any atom is 0.290 e. The Morgan fingerprint density at radius 2 is 1.90 bits per heavy atom. The number of ketones is 1. The molecule has 0 radical (unpaired) electrons. The molecular formula is C16H15F2NO. The van der Waals surface area contributed by atoms with Gasteiger partial charge in [-0.05, 0) is 18.9 Å². The molecule has 0 atom stereocenters. The number of rotatable bonds is 5. The molecule has 1 heterocycles. The van der Waals surface area contributed by atoms with Gasteiger partial charge in [-0.15, -0.1) is 0 Å². The second kappa shape index (κ2) is 4.85. The van der Waals surface area contributed by atoms with Crippen LogP contribution in [0.3, 0.4) is 0 Å². The fraction of sp³-hybridized carbons (Fsp3) is 0.312. The first-order valence-electron chi connectivity index (χ1n) is 6.69. The molecule has 20 heavy (non-hydrogen) atoms. The van der Waals surface area contributed by atoms with Gasteiger partial charge in [0.15, 0.2) is 5.78 Å². The molecular weight excluding hydrogens is 260 g/mol. The molecule has 2 nitrogen and oxygen atoms in total. The van der Waals surface area contributed by atoms with E-state index in [4.69, 9.17) is 0 Å². The van der Waals surface area contributed by atoms with E-state index in [9.17, 15) is 13.6 Å². The van der Waals surface area contributed by atoms with Crippen LogP contribution in [0.5, 0.6) is 0 Å². The van der Waals surface area contributed by atoms with Crippen molar-refractivity contribution in [1.82, 2.24) is 4.57 Å². The number of nitrogens with zero attached hydrogens (tertiary/aromatic N) is 1.